The molecule has 0 aliphatic carbocycles. The zero-order valence-electron chi connectivity index (χ0n) is 12.9. The number of aromatic carboxylic acids is 1. The van der Waals surface area contributed by atoms with Crippen LogP contribution in [0.15, 0.2) is 47.6 Å². The Morgan fingerprint density at radius 1 is 1.33 bits per heavy atom. The van der Waals surface area contributed by atoms with Crippen molar-refractivity contribution in [1.82, 2.24) is 9.29 Å². The summed E-state index contributed by atoms with van der Waals surface area (Å²) in [7, 11) is -3.95. The summed E-state index contributed by atoms with van der Waals surface area (Å²) in [5.41, 5.74) is 0.627. The van der Waals surface area contributed by atoms with Crippen molar-refractivity contribution in [2.75, 3.05) is 6.61 Å². The monoisotopic (exact) mass is 348 g/mol. The highest BCUT2D eigenvalue weighted by Crippen LogP contribution is 2.28. The van der Waals surface area contributed by atoms with Gasteiger partial charge < -0.3 is 9.84 Å². The number of hydrogen-bond donors (Lipinski definition) is 1. The van der Waals surface area contributed by atoms with Gasteiger partial charge in [-0.1, -0.05) is 18.2 Å². The molecule has 8 heteroatoms. The van der Waals surface area contributed by atoms with Gasteiger partial charge in [0.2, 0.25) is 0 Å². The van der Waals surface area contributed by atoms with Crippen molar-refractivity contribution in [2.24, 2.45) is 0 Å². The number of carboxylic acid groups (broad SMARTS) is 1. The summed E-state index contributed by atoms with van der Waals surface area (Å²) in [5.74, 6) is -0.555. The van der Waals surface area contributed by atoms with E-state index in [4.69, 9.17) is 9.84 Å². The number of pyridine rings is 1. The van der Waals surface area contributed by atoms with Crippen LogP contribution in [0.25, 0.3) is 0 Å². The van der Waals surface area contributed by atoms with Gasteiger partial charge in [0, 0.05) is 18.3 Å². The lowest BCUT2D eigenvalue weighted by Gasteiger charge is -2.25. The molecule has 1 aliphatic heterocycles. The fourth-order valence-electron chi connectivity index (χ4n) is 2.52. The summed E-state index contributed by atoms with van der Waals surface area (Å²) in [6.45, 7) is 2.08. The second kappa shape index (κ2) is 6.21. The van der Waals surface area contributed by atoms with E-state index in [9.17, 15) is 13.2 Å². The average Bonchev–Trinajstić information content (AvgIpc) is 2.75. The van der Waals surface area contributed by atoms with E-state index in [0.717, 1.165) is 11.6 Å². The van der Waals surface area contributed by atoms with Crippen molar-refractivity contribution in [3.8, 4) is 5.75 Å². The van der Waals surface area contributed by atoms with Crippen molar-refractivity contribution in [1.29, 1.82) is 0 Å². The van der Waals surface area contributed by atoms with E-state index >= 15 is 0 Å². The van der Waals surface area contributed by atoms with Crippen LogP contribution in [0.5, 0.6) is 5.75 Å². The number of carbonyl (C=O) groups is 1. The van der Waals surface area contributed by atoms with Crippen LogP contribution in [0.3, 0.4) is 0 Å². The summed E-state index contributed by atoms with van der Waals surface area (Å²) in [4.78, 5) is 14.9. The predicted molar refractivity (Wildman–Crippen MR) is 85.3 cm³/mol. The van der Waals surface area contributed by atoms with Gasteiger partial charge in [-0.3, -0.25) is 0 Å². The lowest BCUT2D eigenvalue weighted by Crippen LogP contribution is -2.40. The van der Waals surface area contributed by atoms with Crippen LogP contribution in [0.1, 0.15) is 22.8 Å². The van der Waals surface area contributed by atoms with Gasteiger partial charge in [0.25, 0.3) is 10.0 Å². The van der Waals surface area contributed by atoms with E-state index in [2.05, 4.69) is 4.98 Å². The van der Waals surface area contributed by atoms with Gasteiger partial charge in [-0.05, 0) is 25.1 Å². The number of carboxylic acids is 1. The number of para-hydroxylation sites is 1. The minimum absolute atomic E-state index is 0.122. The second-order valence-corrected chi connectivity index (χ2v) is 7.34. The van der Waals surface area contributed by atoms with Gasteiger partial charge in [-0.15, -0.1) is 0 Å². The van der Waals surface area contributed by atoms with E-state index < -0.39 is 22.0 Å². The van der Waals surface area contributed by atoms with E-state index in [1.54, 1.807) is 19.1 Å². The molecule has 0 amide bonds. The van der Waals surface area contributed by atoms with Crippen LogP contribution in [0.2, 0.25) is 0 Å². The third-order valence-corrected chi connectivity index (χ3v) is 5.68. The molecular formula is C16H16N2O5S. The molecule has 1 aromatic carbocycles. The minimum Gasteiger partial charge on any atom is -0.492 e. The van der Waals surface area contributed by atoms with Gasteiger partial charge in [-0.25, -0.2) is 18.2 Å². The molecular weight excluding hydrogens is 332 g/mol. The van der Waals surface area contributed by atoms with Gasteiger partial charge in [0.05, 0.1) is 11.6 Å². The number of aromatic nitrogens is 1. The molecule has 0 spiro atoms. The second-order valence-electron chi connectivity index (χ2n) is 5.51. The molecule has 1 N–H and O–H groups in total. The zero-order chi connectivity index (χ0) is 17.3. The molecule has 1 aliphatic rings. The van der Waals surface area contributed by atoms with E-state index in [-0.39, 0.29) is 23.7 Å². The molecule has 0 radical (unpaired) electrons. The molecule has 1 atom stereocenters. The summed E-state index contributed by atoms with van der Waals surface area (Å²) >= 11 is 0. The predicted octanol–water partition coefficient (Wildman–Crippen LogP) is 1.75. The maximum absolute atomic E-state index is 12.9. The van der Waals surface area contributed by atoms with Gasteiger partial charge in [0.15, 0.2) is 5.03 Å². The summed E-state index contributed by atoms with van der Waals surface area (Å²) in [6.07, 6.45) is 1.18. The molecule has 1 unspecified atom stereocenters. The molecule has 0 saturated heterocycles. The van der Waals surface area contributed by atoms with E-state index in [1.165, 1.54) is 16.6 Å². The number of sulfonamides is 1. The Hall–Kier alpha value is -2.45. The maximum Gasteiger partial charge on any atom is 0.335 e. The average molecular weight is 348 g/mol. The van der Waals surface area contributed by atoms with Gasteiger partial charge in [0.1, 0.15) is 12.4 Å². The zero-order valence-corrected chi connectivity index (χ0v) is 13.7. The molecule has 0 saturated carbocycles. The van der Waals surface area contributed by atoms with Crippen molar-refractivity contribution in [3.05, 3.63) is 53.7 Å². The Balaban J connectivity index is 2.02. The molecule has 2 heterocycles. The molecule has 1 aromatic heterocycles. The number of rotatable bonds is 3. The standard InChI is InChI=1S/C16H16N2O5S/c1-11-10-23-14-5-3-2-4-13(14)9-18(11)24(21,22)15-8-12(16(19)20)6-7-17-15/h2-8,11H,9-10H2,1H3,(H,19,20). The lowest BCUT2D eigenvalue weighted by atomic mass is 10.2. The van der Waals surface area contributed by atoms with Crippen LogP contribution >= 0.6 is 0 Å². The summed E-state index contributed by atoms with van der Waals surface area (Å²) in [5, 5.41) is 8.77. The largest absolute Gasteiger partial charge is 0.492 e. The van der Waals surface area contributed by atoms with Crippen LogP contribution in [-0.4, -0.2) is 41.4 Å². The van der Waals surface area contributed by atoms with Crippen LogP contribution in [0.4, 0.5) is 0 Å². The highest BCUT2D eigenvalue weighted by molar-refractivity contribution is 7.89. The molecule has 0 bridgehead atoms. The van der Waals surface area contributed by atoms with Crippen LogP contribution < -0.4 is 4.74 Å². The van der Waals surface area contributed by atoms with E-state index in [1.807, 2.05) is 12.1 Å². The Labute approximate surface area is 139 Å². The number of fused-ring (bicyclic) bond motifs is 1. The number of benzene rings is 1. The minimum atomic E-state index is -3.95. The number of ether oxygens (including phenoxy) is 1. The Bertz CT molecular complexity index is 882. The van der Waals surface area contributed by atoms with Gasteiger partial charge in [-0.2, -0.15) is 4.31 Å². The first-order valence-electron chi connectivity index (χ1n) is 7.31. The first-order chi connectivity index (χ1) is 11.4. The highest BCUT2D eigenvalue weighted by Gasteiger charge is 2.33. The molecule has 24 heavy (non-hydrogen) atoms. The number of hydrogen-bond acceptors (Lipinski definition) is 5. The fourth-order valence-corrected chi connectivity index (χ4v) is 4.07. The summed E-state index contributed by atoms with van der Waals surface area (Å²) in [6, 6.07) is 9.14. The van der Waals surface area contributed by atoms with Crippen molar-refractivity contribution >= 4 is 16.0 Å². The molecule has 3 rings (SSSR count). The summed E-state index contributed by atoms with van der Waals surface area (Å²) < 4.78 is 32.8. The highest BCUT2D eigenvalue weighted by atomic mass is 32.2. The fraction of sp³-hybridized carbons (Fsp3) is 0.250. The third kappa shape index (κ3) is 2.98. The SMILES string of the molecule is CC1COc2ccccc2CN1S(=O)(=O)c1cc(C(=O)O)ccn1. The quantitative estimate of drug-likeness (QED) is 0.908. The first kappa shape index (κ1) is 16.4. The van der Waals surface area contributed by atoms with E-state index in [0.29, 0.717) is 5.75 Å². The third-order valence-electron chi connectivity index (χ3n) is 3.83. The van der Waals surface area contributed by atoms with Crippen molar-refractivity contribution in [2.45, 2.75) is 24.5 Å². The number of nitrogens with zero attached hydrogens (tertiary/aromatic N) is 2. The normalized spacial score (nSPS) is 18.3. The molecule has 2 aromatic rings. The van der Waals surface area contributed by atoms with Crippen molar-refractivity contribution in [3.63, 3.8) is 0 Å². The Morgan fingerprint density at radius 2 is 2.08 bits per heavy atom. The smallest absolute Gasteiger partial charge is 0.335 e. The Morgan fingerprint density at radius 3 is 2.83 bits per heavy atom. The van der Waals surface area contributed by atoms with Crippen molar-refractivity contribution < 1.29 is 23.1 Å². The lowest BCUT2D eigenvalue weighted by molar-refractivity contribution is 0.0696. The molecule has 126 valence electrons. The first-order valence-corrected chi connectivity index (χ1v) is 8.75. The molecule has 7 nitrogen and oxygen atoms in total. The van der Waals surface area contributed by atoms with Crippen LogP contribution in [-0.2, 0) is 16.6 Å². The van der Waals surface area contributed by atoms with Crippen LogP contribution in [0, 0.1) is 0 Å². The van der Waals surface area contributed by atoms with Gasteiger partial charge >= 0.3 is 5.97 Å². The topological polar surface area (TPSA) is 96.8 Å². The molecule has 0 fully saturated rings. The maximum atomic E-state index is 12.9. The Kier molecular flexibility index (Phi) is 4.25.